The first-order valence-corrected chi connectivity index (χ1v) is 6.24. The number of aryl methyl sites for hydroxylation is 1. The number of aromatic nitrogens is 2. The van der Waals surface area contributed by atoms with E-state index in [0.29, 0.717) is 0 Å². The van der Waals surface area contributed by atoms with Gasteiger partial charge in [0.1, 0.15) is 0 Å². The minimum Gasteiger partial charge on any atom is -0.254 e. The molecule has 0 aliphatic carbocycles. The van der Waals surface area contributed by atoms with E-state index in [4.69, 9.17) is 0 Å². The molecule has 0 atom stereocenters. The highest BCUT2D eigenvalue weighted by atomic mass is 14.7. The molecule has 92 valence electrons. The molecule has 2 nitrogen and oxygen atoms in total. The molecular weight excluding hydrogens is 232 g/mol. The molecule has 0 saturated carbocycles. The summed E-state index contributed by atoms with van der Waals surface area (Å²) >= 11 is 0. The normalized spacial score (nSPS) is 11.4. The lowest BCUT2D eigenvalue weighted by atomic mass is 9.97. The maximum Gasteiger partial charge on any atom is 0.0970 e. The molecule has 0 aliphatic rings. The summed E-state index contributed by atoms with van der Waals surface area (Å²) in [5, 5.41) is 2.28. The number of allylic oxidation sites excluding steroid dienone is 2. The Labute approximate surface area is 112 Å². The quantitative estimate of drug-likeness (QED) is 0.498. The molecule has 0 saturated heterocycles. The van der Waals surface area contributed by atoms with Gasteiger partial charge in [-0.1, -0.05) is 36.9 Å². The fourth-order valence-electron chi connectivity index (χ4n) is 2.43. The van der Waals surface area contributed by atoms with Crippen molar-refractivity contribution in [1.29, 1.82) is 0 Å². The lowest BCUT2D eigenvalue weighted by Gasteiger charge is -2.10. The highest BCUT2D eigenvalue weighted by Crippen LogP contribution is 2.30. The van der Waals surface area contributed by atoms with Gasteiger partial charge in [-0.15, -0.1) is 0 Å². The minimum atomic E-state index is 0.951. The van der Waals surface area contributed by atoms with Crippen LogP contribution in [0.25, 0.3) is 27.9 Å². The van der Waals surface area contributed by atoms with Gasteiger partial charge in [-0.05, 0) is 30.2 Å². The zero-order chi connectivity index (χ0) is 13.2. The summed E-state index contributed by atoms with van der Waals surface area (Å²) in [7, 11) is 0. The third-order valence-corrected chi connectivity index (χ3v) is 3.34. The fourth-order valence-corrected chi connectivity index (χ4v) is 2.43. The summed E-state index contributed by atoms with van der Waals surface area (Å²) in [6, 6.07) is 8.11. The second-order valence-corrected chi connectivity index (χ2v) is 4.43. The number of nitrogens with zero attached hydrogens (tertiary/aromatic N) is 2. The van der Waals surface area contributed by atoms with E-state index in [0.717, 1.165) is 21.8 Å². The van der Waals surface area contributed by atoms with Crippen molar-refractivity contribution in [1.82, 2.24) is 9.97 Å². The molecule has 0 aliphatic heterocycles. The van der Waals surface area contributed by atoms with Crippen molar-refractivity contribution in [2.75, 3.05) is 0 Å². The third kappa shape index (κ3) is 1.82. The molecule has 3 rings (SSSR count). The minimum absolute atomic E-state index is 0.951. The maximum atomic E-state index is 4.50. The van der Waals surface area contributed by atoms with Gasteiger partial charge in [0.05, 0.1) is 11.0 Å². The Morgan fingerprint density at radius 2 is 1.63 bits per heavy atom. The molecule has 1 aromatic carbocycles. The number of fused-ring (bicyclic) bond motifs is 3. The standard InChI is InChI=1S/C17H14N2/c1-3-4-7-13-12(2)14-8-5-10-18-16(14)17-15(13)9-6-11-19-17/h3-11H,1H2,2H3/b7-4-. The van der Waals surface area contributed by atoms with Gasteiger partial charge in [-0.2, -0.15) is 0 Å². The van der Waals surface area contributed by atoms with Crippen LogP contribution in [0.2, 0.25) is 0 Å². The van der Waals surface area contributed by atoms with Gasteiger partial charge in [0, 0.05) is 23.2 Å². The predicted molar refractivity (Wildman–Crippen MR) is 81.0 cm³/mol. The van der Waals surface area contributed by atoms with Crippen molar-refractivity contribution in [3.05, 3.63) is 66.5 Å². The number of pyridine rings is 2. The van der Waals surface area contributed by atoms with Crippen molar-refractivity contribution < 1.29 is 0 Å². The Morgan fingerprint density at radius 1 is 1.00 bits per heavy atom. The van der Waals surface area contributed by atoms with Crippen LogP contribution in [0.5, 0.6) is 0 Å². The van der Waals surface area contributed by atoms with Gasteiger partial charge in [-0.25, -0.2) is 0 Å². The van der Waals surface area contributed by atoms with Gasteiger partial charge in [0.15, 0.2) is 0 Å². The van der Waals surface area contributed by atoms with Gasteiger partial charge in [0.25, 0.3) is 0 Å². The van der Waals surface area contributed by atoms with Crippen LogP contribution >= 0.6 is 0 Å². The number of benzene rings is 1. The summed E-state index contributed by atoms with van der Waals surface area (Å²) in [6.45, 7) is 5.86. The summed E-state index contributed by atoms with van der Waals surface area (Å²) in [5.74, 6) is 0. The Balaban J connectivity index is 2.54. The van der Waals surface area contributed by atoms with Crippen LogP contribution in [0.3, 0.4) is 0 Å². The Bertz CT molecular complexity index is 801. The SMILES string of the molecule is C=C/C=C\c1c(C)c2cccnc2c2ncccc12. The first-order valence-electron chi connectivity index (χ1n) is 6.24. The lowest BCUT2D eigenvalue weighted by Crippen LogP contribution is -1.92. The van der Waals surface area contributed by atoms with Crippen LogP contribution in [-0.4, -0.2) is 9.97 Å². The molecule has 19 heavy (non-hydrogen) atoms. The summed E-state index contributed by atoms with van der Waals surface area (Å²) < 4.78 is 0. The van der Waals surface area contributed by atoms with Crippen molar-refractivity contribution in [3.63, 3.8) is 0 Å². The van der Waals surface area contributed by atoms with Crippen LogP contribution in [0.15, 0.2) is 55.4 Å². The van der Waals surface area contributed by atoms with Crippen LogP contribution in [0.4, 0.5) is 0 Å². The van der Waals surface area contributed by atoms with E-state index in [1.54, 1.807) is 6.08 Å². The van der Waals surface area contributed by atoms with E-state index in [1.165, 1.54) is 11.1 Å². The predicted octanol–water partition coefficient (Wildman–Crippen LogP) is 4.29. The fraction of sp³-hybridized carbons (Fsp3) is 0.0588. The lowest BCUT2D eigenvalue weighted by molar-refractivity contribution is 1.36. The molecule has 2 aromatic heterocycles. The van der Waals surface area contributed by atoms with Crippen LogP contribution in [-0.2, 0) is 0 Å². The highest BCUT2D eigenvalue weighted by Gasteiger charge is 2.10. The summed E-state index contributed by atoms with van der Waals surface area (Å²) in [4.78, 5) is 8.98. The summed E-state index contributed by atoms with van der Waals surface area (Å²) in [6.07, 6.45) is 9.45. The molecule has 0 spiro atoms. The topological polar surface area (TPSA) is 25.8 Å². The zero-order valence-corrected chi connectivity index (χ0v) is 10.8. The zero-order valence-electron chi connectivity index (χ0n) is 10.8. The van der Waals surface area contributed by atoms with Gasteiger partial charge < -0.3 is 0 Å². The van der Waals surface area contributed by atoms with E-state index >= 15 is 0 Å². The van der Waals surface area contributed by atoms with E-state index in [1.807, 2.05) is 30.6 Å². The number of rotatable bonds is 2. The second kappa shape index (κ2) is 4.65. The molecule has 0 radical (unpaired) electrons. The Hall–Kier alpha value is -2.48. The van der Waals surface area contributed by atoms with Gasteiger partial charge in [0.2, 0.25) is 0 Å². The van der Waals surface area contributed by atoms with Crippen molar-refractivity contribution in [2.24, 2.45) is 0 Å². The smallest absolute Gasteiger partial charge is 0.0970 e. The molecule has 2 heteroatoms. The molecular formula is C17H14N2. The van der Waals surface area contributed by atoms with Crippen molar-refractivity contribution in [2.45, 2.75) is 6.92 Å². The van der Waals surface area contributed by atoms with Crippen molar-refractivity contribution in [3.8, 4) is 0 Å². The monoisotopic (exact) mass is 246 g/mol. The average Bonchev–Trinajstić information content (AvgIpc) is 2.47. The average molecular weight is 246 g/mol. The van der Waals surface area contributed by atoms with Crippen LogP contribution in [0, 0.1) is 6.92 Å². The summed E-state index contributed by atoms with van der Waals surface area (Å²) in [5.41, 5.74) is 4.32. The van der Waals surface area contributed by atoms with Crippen molar-refractivity contribution >= 4 is 27.9 Å². The molecule has 0 fully saturated rings. The molecule has 0 N–H and O–H groups in total. The van der Waals surface area contributed by atoms with E-state index < -0.39 is 0 Å². The first kappa shape index (κ1) is 11.6. The maximum absolute atomic E-state index is 4.50. The number of hydrogen-bond acceptors (Lipinski definition) is 2. The largest absolute Gasteiger partial charge is 0.254 e. The second-order valence-electron chi connectivity index (χ2n) is 4.43. The van der Waals surface area contributed by atoms with E-state index in [2.05, 4.69) is 41.7 Å². The van der Waals surface area contributed by atoms with Crippen LogP contribution in [0.1, 0.15) is 11.1 Å². The third-order valence-electron chi connectivity index (χ3n) is 3.34. The Morgan fingerprint density at radius 3 is 2.32 bits per heavy atom. The molecule has 0 amide bonds. The van der Waals surface area contributed by atoms with E-state index in [-0.39, 0.29) is 0 Å². The Kier molecular flexibility index (Phi) is 2.84. The molecule has 3 aromatic rings. The first-order chi connectivity index (χ1) is 9.33. The molecule has 0 bridgehead atoms. The number of hydrogen-bond donors (Lipinski definition) is 0. The highest BCUT2D eigenvalue weighted by molar-refractivity contribution is 6.08. The van der Waals surface area contributed by atoms with Crippen LogP contribution < -0.4 is 0 Å². The van der Waals surface area contributed by atoms with E-state index in [9.17, 15) is 0 Å². The molecule has 0 unspecified atom stereocenters. The van der Waals surface area contributed by atoms with Gasteiger partial charge in [-0.3, -0.25) is 9.97 Å². The van der Waals surface area contributed by atoms with Gasteiger partial charge >= 0.3 is 0 Å². The molecule has 2 heterocycles.